The number of imidazole rings is 1. The number of aromatic amines is 1. The van der Waals surface area contributed by atoms with Gasteiger partial charge in [-0.25, -0.2) is 9.78 Å². The second kappa shape index (κ2) is 6.69. The summed E-state index contributed by atoms with van der Waals surface area (Å²) in [4.78, 5) is 23.8. The van der Waals surface area contributed by atoms with Gasteiger partial charge in [0.2, 0.25) is 0 Å². The molecule has 9 heteroatoms. The van der Waals surface area contributed by atoms with E-state index in [1.807, 2.05) is 18.2 Å². The summed E-state index contributed by atoms with van der Waals surface area (Å²) in [7, 11) is 0. The summed E-state index contributed by atoms with van der Waals surface area (Å²) in [5, 5.41) is 0.614. The summed E-state index contributed by atoms with van der Waals surface area (Å²) in [6, 6.07) is 13.6. The Hall–Kier alpha value is -4.14. The van der Waals surface area contributed by atoms with Gasteiger partial charge < -0.3 is 10.7 Å². The number of nitrogen functional groups attached to an aromatic ring is 1. The lowest BCUT2D eigenvalue weighted by molar-refractivity contribution is -0.137. The number of halogens is 3. The molecule has 0 spiro atoms. The predicted octanol–water partition coefficient (Wildman–Crippen LogP) is 4.53. The van der Waals surface area contributed by atoms with Crippen LogP contribution in [0.25, 0.3) is 38.8 Å². The molecule has 3 N–H and O–H groups in total. The smallest absolute Gasteiger partial charge is 0.384 e. The Morgan fingerprint density at radius 3 is 2.48 bits per heavy atom. The third-order valence-electron chi connectivity index (χ3n) is 5.06. The molecule has 5 rings (SSSR count). The van der Waals surface area contributed by atoms with E-state index in [0.717, 1.165) is 23.3 Å². The summed E-state index contributed by atoms with van der Waals surface area (Å²) in [6.07, 6.45) is -1.40. The van der Waals surface area contributed by atoms with Crippen molar-refractivity contribution in [1.29, 1.82) is 0 Å². The highest BCUT2D eigenvalue weighted by Crippen LogP contribution is 2.32. The normalized spacial score (nSPS) is 12.0. The molecular weight excluding hydrogens is 407 g/mol. The van der Waals surface area contributed by atoms with Gasteiger partial charge in [0.05, 0.1) is 34.0 Å². The van der Waals surface area contributed by atoms with Crippen LogP contribution in [0.15, 0.2) is 71.8 Å². The fraction of sp³-hybridized carbons (Fsp3) is 0.0455. The van der Waals surface area contributed by atoms with Crippen molar-refractivity contribution in [3.63, 3.8) is 0 Å². The van der Waals surface area contributed by atoms with Gasteiger partial charge in [-0.2, -0.15) is 13.2 Å². The molecule has 5 aromatic rings. The molecule has 0 unspecified atom stereocenters. The van der Waals surface area contributed by atoms with Crippen molar-refractivity contribution in [3.8, 4) is 16.8 Å². The second-order valence-electron chi connectivity index (χ2n) is 7.04. The summed E-state index contributed by atoms with van der Waals surface area (Å²) in [5.41, 5.74) is 7.44. The first-order valence-corrected chi connectivity index (χ1v) is 9.24. The van der Waals surface area contributed by atoms with E-state index in [1.54, 1.807) is 18.3 Å². The van der Waals surface area contributed by atoms with Crippen LogP contribution in [0.1, 0.15) is 5.56 Å². The number of aromatic nitrogens is 4. The average Bonchev–Trinajstić information content (AvgIpc) is 3.10. The van der Waals surface area contributed by atoms with Crippen molar-refractivity contribution in [2.45, 2.75) is 6.18 Å². The lowest BCUT2D eigenvalue weighted by atomic mass is 10.0. The van der Waals surface area contributed by atoms with Crippen LogP contribution in [-0.4, -0.2) is 19.5 Å². The molecule has 0 radical (unpaired) electrons. The molecule has 2 aromatic carbocycles. The van der Waals surface area contributed by atoms with Crippen molar-refractivity contribution >= 4 is 27.8 Å². The number of rotatable bonds is 2. The summed E-state index contributed by atoms with van der Waals surface area (Å²) in [5.74, 6) is 0.387. The molecule has 0 aliphatic rings. The Balaban J connectivity index is 1.80. The van der Waals surface area contributed by atoms with Gasteiger partial charge in [-0.05, 0) is 48.0 Å². The minimum Gasteiger partial charge on any atom is -0.384 e. The fourth-order valence-corrected chi connectivity index (χ4v) is 3.61. The Kier molecular flexibility index (Phi) is 4.07. The van der Waals surface area contributed by atoms with Crippen molar-refractivity contribution < 1.29 is 13.2 Å². The Bertz CT molecular complexity index is 1500. The largest absolute Gasteiger partial charge is 0.416 e. The number of nitrogens with two attached hydrogens (primary N) is 1. The van der Waals surface area contributed by atoms with Gasteiger partial charge in [0.25, 0.3) is 0 Å². The molecule has 0 aliphatic carbocycles. The SMILES string of the molecule is Nc1ccc(-c2ccc3ncc4[nH]c(=O)n(-c5cccc(C(F)(F)F)c5)c4c3c2)cn1. The summed E-state index contributed by atoms with van der Waals surface area (Å²) in [6.45, 7) is 0. The topological polar surface area (TPSA) is 89.6 Å². The molecule has 3 aromatic heterocycles. The first-order valence-electron chi connectivity index (χ1n) is 9.24. The number of benzene rings is 2. The zero-order valence-electron chi connectivity index (χ0n) is 15.8. The van der Waals surface area contributed by atoms with Crippen LogP contribution in [0.3, 0.4) is 0 Å². The number of H-pyrrole nitrogens is 1. The maximum atomic E-state index is 13.2. The highest BCUT2D eigenvalue weighted by atomic mass is 19.4. The van der Waals surface area contributed by atoms with Gasteiger partial charge in [0.15, 0.2) is 0 Å². The number of nitrogens with zero attached hydrogens (tertiary/aromatic N) is 3. The predicted molar refractivity (Wildman–Crippen MR) is 112 cm³/mol. The molecule has 0 atom stereocenters. The third-order valence-corrected chi connectivity index (χ3v) is 5.06. The van der Waals surface area contributed by atoms with Crippen molar-refractivity contribution in [2.75, 3.05) is 5.73 Å². The number of alkyl halides is 3. The molecule has 6 nitrogen and oxygen atoms in total. The van der Waals surface area contributed by atoms with Crippen LogP contribution in [-0.2, 0) is 6.18 Å². The Labute approximate surface area is 172 Å². The first kappa shape index (κ1) is 18.9. The fourth-order valence-electron chi connectivity index (χ4n) is 3.61. The zero-order chi connectivity index (χ0) is 21.8. The molecule has 0 fully saturated rings. The van der Waals surface area contributed by atoms with E-state index in [-0.39, 0.29) is 5.69 Å². The maximum absolute atomic E-state index is 13.2. The summed E-state index contributed by atoms with van der Waals surface area (Å²) >= 11 is 0. The molecule has 154 valence electrons. The lowest BCUT2D eigenvalue weighted by Crippen LogP contribution is -2.15. The van der Waals surface area contributed by atoms with Crippen molar-refractivity contribution in [2.24, 2.45) is 0 Å². The van der Waals surface area contributed by atoms with E-state index >= 15 is 0 Å². The quantitative estimate of drug-likeness (QED) is 0.438. The number of nitrogens with one attached hydrogen (secondary N) is 1. The van der Waals surface area contributed by atoms with Gasteiger partial charge in [0, 0.05) is 17.1 Å². The highest BCUT2D eigenvalue weighted by Gasteiger charge is 2.30. The van der Waals surface area contributed by atoms with Gasteiger partial charge in [-0.1, -0.05) is 12.1 Å². The van der Waals surface area contributed by atoms with Crippen LogP contribution in [0.4, 0.5) is 19.0 Å². The van der Waals surface area contributed by atoms with Crippen LogP contribution in [0.2, 0.25) is 0 Å². The first-order chi connectivity index (χ1) is 14.8. The van der Waals surface area contributed by atoms with Crippen LogP contribution in [0, 0.1) is 0 Å². The number of pyridine rings is 2. The third kappa shape index (κ3) is 3.20. The average molecular weight is 421 g/mol. The molecular formula is C22H14F3N5O. The van der Waals surface area contributed by atoms with Crippen LogP contribution >= 0.6 is 0 Å². The maximum Gasteiger partial charge on any atom is 0.416 e. The highest BCUT2D eigenvalue weighted by molar-refractivity contribution is 6.04. The second-order valence-corrected chi connectivity index (χ2v) is 7.04. The van der Waals surface area contributed by atoms with E-state index in [4.69, 9.17) is 5.73 Å². The molecule has 0 amide bonds. The summed E-state index contributed by atoms with van der Waals surface area (Å²) < 4.78 is 40.9. The molecule has 3 heterocycles. The van der Waals surface area contributed by atoms with Crippen molar-refractivity contribution in [3.05, 3.63) is 83.0 Å². The van der Waals surface area contributed by atoms with Gasteiger partial charge >= 0.3 is 11.9 Å². The minimum absolute atomic E-state index is 0.109. The molecule has 0 saturated heterocycles. The lowest BCUT2D eigenvalue weighted by Gasteiger charge is -2.11. The Morgan fingerprint density at radius 1 is 0.935 bits per heavy atom. The number of anilines is 1. The van der Waals surface area contributed by atoms with Crippen LogP contribution < -0.4 is 11.4 Å². The number of fused-ring (bicyclic) bond motifs is 3. The molecule has 31 heavy (non-hydrogen) atoms. The molecule has 0 bridgehead atoms. The van der Waals surface area contributed by atoms with Gasteiger partial charge in [-0.15, -0.1) is 0 Å². The van der Waals surface area contributed by atoms with Crippen LogP contribution in [0.5, 0.6) is 0 Å². The van der Waals surface area contributed by atoms with E-state index in [0.29, 0.717) is 27.8 Å². The van der Waals surface area contributed by atoms with E-state index in [2.05, 4.69) is 15.0 Å². The molecule has 0 aliphatic heterocycles. The Morgan fingerprint density at radius 2 is 1.74 bits per heavy atom. The molecule has 0 saturated carbocycles. The standard InChI is InChI=1S/C22H14F3N5O/c23-22(24,25)14-2-1-3-15(9-14)30-20-16-8-12(13-5-7-19(26)28-10-13)4-6-17(16)27-11-18(20)29-21(30)31/h1-11H,(H2,26,28)(H,29,31). The van der Waals surface area contributed by atoms with E-state index in [9.17, 15) is 18.0 Å². The van der Waals surface area contributed by atoms with Gasteiger partial charge in [0.1, 0.15) is 5.82 Å². The zero-order valence-corrected chi connectivity index (χ0v) is 15.8. The number of hydrogen-bond donors (Lipinski definition) is 2. The minimum atomic E-state index is -4.52. The van der Waals surface area contributed by atoms with E-state index < -0.39 is 17.4 Å². The number of hydrogen-bond acceptors (Lipinski definition) is 4. The van der Waals surface area contributed by atoms with E-state index in [1.165, 1.54) is 22.9 Å². The van der Waals surface area contributed by atoms with Crippen molar-refractivity contribution in [1.82, 2.24) is 19.5 Å². The monoisotopic (exact) mass is 421 g/mol. The van der Waals surface area contributed by atoms with Gasteiger partial charge in [-0.3, -0.25) is 9.55 Å².